The highest BCUT2D eigenvalue weighted by molar-refractivity contribution is 5.90. The largest absolute Gasteiger partial charge is 0.481 e. The van der Waals surface area contributed by atoms with Gasteiger partial charge in [-0.25, -0.2) is 14.6 Å². The van der Waals surface area contributed by atoms with Crippen LogP contribution < -0.4 is 9.64 Å². The number of aromatic nitrogens is 1. The summed E-state index contributed by atoms with van der Waals surface area (Å²) in [7, 11) is 1.46. The van der Waals surface area contributed by atoms with Gasteiger partial charge < -0.3 is 14.6 Å². The number of rotatable bonds is 5. The smallest absolute Gasteiger partial charge is 0.414 e. The number of aliphatic carboxylic acids is 1. The molecule has 2 rings (SSSR count). The van der Waals surface area contributed by atoms with Crippen LogP contribution in [0.1, 0.15) is 25.5 Å². The zero-order valence-corrected chi connectivity index (χ0v) is 13.3. The molecule has 0 aliphatic carbocycles. The number of hydrogen-bond acceptors (Lipinski definition) is 5. The number of amides is 1. The third kappa shape index (κ3) is 3.55. The highest BCUT2D eigenvalue weighted by Crippen LogP contribution is 2.33. The topological polar surface area (TPSA) is 89.0 Å². The number of ether oxygens (including phenoxy) is 2. The van der Waals surface area contributed by atoms with Crippen LogP contribution in [0.3, 0.4) is 0 Å². The Bertz CT molecular complexity index is 638. The maximum atomic E-state index is 13.1. The summed E-state index contributed by atoms with van der Waals surface area (Å²) in [6.07, 6.45) is 0.778. The standard InChI is InChI=1S/C15H18F2N2O5/c1-3-9-4-5-10-11(6-7-12(18-10)23-2)19(9)14(22)24-8-15(16,17)13(20)21/h6-7,9H,3-5,8H2,1-2H3,(H,20,21). The number of nitrogens with zero attached hydrogens (tertiary/aromatic N) is 2. The van der Waals surface area contributed by atoms with E-state index in [1.54, 1.807) is 12.1 Å². The van der Waals surface area contributed by atoms with Crippen LogP contribution >= 0.6 is 0 Å². The summed E-state index contributed by atoms with van der Waals surface area (Å²) in [6.45, 7) is 0.339. The summed E-state index contributed by atoms with van der Waals surface area (Å²) in [5.74, 6) is -6.09. The fourth-order valence-corrected chi connectivity index (χ4v) is 2.54. The molecule has 2 heterocycles. The lowest BCUT2D eigenvalue weighted by molar-refractivity contribution is -0.170. The third-order valence-corrected chi connectivity index (χ3v) is 3.83. The first-order chi connectivity index (χ1) is 11.3. The minimum absolute atomic E-state index is 0.237. The lowest BCUT2D eigenvalue weighted by Crippen LogP contribution is -2.46. The third-order valence-electron chi connectivity index (χ3n) is 3.83. The highest BCUT2D eigenvalue weighted by Gasteiger charge is 2.42. The lowest BCUT2D eigenvalue weighted by Gasteiger charge is -2.35. The number of fused-ring (bicyclic) bond motifs is 1. The van der Waals surface area contributed by atoms with E-state index < -0.39 is 24.6 Å². The second-order valence-corrected chi connectivity index (χ2v) is 5.35. The first kappa shape index (κ1) is 17.9. The van der Waals surface area contributed by atoms with Crippen molar-refractivity contribution in [2.24, 2.45) is 0 Å². The molecule has 132 valence electrons. The zero-order valence-electron chi connectivity index (χ0n) is 13.3. The zero-order chi connectivity index (χ0) is 17.9. The average Bonchev–Trinajstić information content (AvgIpc) is 2.57. The summed E-state index contributed by atoms with van der Waals surface area (Å²) in [5, 5.41) is 8.40. The van der Waals surface area contributed by atoms with Crippen molar-refractivity contribution in [3.63, 3.8) is 0 Å². The number of hydrogen-bond donors (Lipinski definition) is 1. The molecule has 0 radical (unpaired) electrons. The van der Waals surface area contributed by atoms with Gasteiger partial charge in [0.1, 0.15) is 0 Å². The quantitative estimate of drug-likeness (QED) is 0.883. The summed E-state index contributed by atoms with van der Waals surface area (Å²) < 4.78 is 35.8. The Morgan fingerprint density at radius 1 is 1.46 bits per heavy atom. The molecule has 1 aromatic rings. The number of carbonyl (C=O) groups is 2. The summed E-state index contributed by atoms with van der Waals surface area (Å²) >= 11 is 0. The predicted octanol–water partition coefficient (Wildman–Crippen LogP) is 2.48. The number of pyridine rings is 1. The number of alkyl halides is 2. The van der Waals surface area contributed by atoms with Crippen molar-refractivity contribution in [3.8, 4) is 5.88 Å². The summed E-state index contributed by atoms with van der Waals surface area (Å²) in [5.41, 5.74) is 1.05. The van der Waals surface area contributed by atoms with Crippen LogP contribution in [0.5, 0.6) is 5.88 Å². The van der Waals surface area contributed by atoms with Crippen LogP contribution in [-0.4, -0.2) is 47.8 Å². The van der Waals surface area contributed by atoms with Gasteiger partial charge in [-0.3, -0.25) is 4.90 Å². The van der Waals surface area contributed by atoms with E-state index in [1.807, 2.05) is 6.92 Å². The van der Waals surface area contributed by atoms with Gasteiger partial charge in [0.05, 0.1) is 18.5 Å². The van der Waals surface area contributed by atoms with Gasteiger partial charge in [-0.1, -0.05) is 6.92 Å². The van der Waals surface area contributed by atoms with E-state index in [2.05, 4.69) is 9.72 Å². The first-order valence-electron chi connectivity index (χ1n) is 7.41. The van der Waals surface area contributed by atoms with E-state index in [1.165, 1.54) is 12.0 Å². The highest BCUT2D eigenvalue weighted by atomic mass is 19.3. The molecule has 0 aromatic carbocycles. The summed E-state index contributed by atoms with van der Waals surface area (Å²) in [6, 6.07) is 2.93. The fourth-order valence-electron chi connectivity index (χ4n) is 2.54. The Labute approximate surface area is 137 Å². The average molecular weight is 344 g/mol. The van der Waals surface area contributed by atoms with Crippen molar-refractivity contribution in [2.75, 3.05) is 18.6 Å². The molecule has 1 amide bonds. The molecular formula is C15H18F2N2O5. The van der Waals surface area contributed by atoms with E-state index in [0.717, 1.165) is 0 Å². The van der Waals surface area contributed by atoms with Gasteiger partial charge in [-0.15, -0.1) is 0 Å². The van der Waals surface area contributed by atoms with E-state index >= 15 is 0 Å². The number of anilines is 1. The van der Waals surface area contributed by atoms with E-state index in [9.17, 15) is 18.4 Å². The molecule has 1 unspecified atom stereocenters. The molecule has 1 aromatic heterocycles. The van der Waals surface area contributed by atoms with Crippen LogP contribution in [0.15, 0.2) is 12.1 Å². The number of aryl methyl sites for hydroxylation is 1. The van der Waals surface area contributed by atoms with Gasteiger partial charge in [0.15, 0.2) is 6.61 Å². The molecule has 1 aliphatic rings. The Morgan fingerprint density at radius 2 is 2.17 bits per heavy atom. The lowest BCUT2D eigenvalue weighted by atomic mass is 9.98. The number of carboxylic acids is 1. The van der Waals surface area contributed by atoms with Crippen LogP contribution in [0, 0.1) is 0 Å². The molecular weight excluding hydrogens is 326 g/mol. The van der Waals surface area contributed by atoms with E-state index in [0.29, 0.717) is 36.5 Å². The van der Waals surface area contributed by atoms with Gasteiger partial charge in [0, 0.05) is 12.1 Å². The second kappa shape index (κ2) is 6.98. The molecule has 0 spiro atoms. The Morgan fingerprint density at radius 3 is 2.75 bits per heavy atom. The van der Waals surface area contributed by atoms with Crippen molar-refractivity contribution >= 4 is 17.7 Å². The van der Waals surface area contributed by atoms with Crippen molar-refractivity contribution < 1.29 is 33.0 Å². The SMILES string of the molecule is CCC1CCc2nc(OC)ccc2N1C(=O)OCC(F)(F)C(=O)O. The normalized spacial score (nSPS) is 17.2. The van der Waals surface area contributed by atoms with Gasteiger partial charge in [0.2, 0.25) is 5.88 Å². The minimum Gasteiger partial charge on any atom is -0.481 e. The maximum Gasteiger partial charge on any atom is 0.414 e. The molecule has 1 atom stereocenters. The molecule has 7 nitrogen and oxygen atoms in total. The van der Waals surface area contributed by atoms with Crippen LogP contribution in [0.25, 0.3) is 0 Å². The molecule has 0 fully saturated rings. The Kier molecular flexibility index (Phi) is 5.20. The number of halogens is 2. The number of methoxy groups -OCH3 is 1. The van der Waals surface area contributed by atoms with Crippen molar-refractivity contribution in [3.05, 3.63) is 17.8 Å². The number of carbonyl (C=O) groups excluding carboxylic acids is 1. The van der Waals surface area contributed by atoms with Gasteiger partial charge in [-0.05, 0) is 25.3 Å². The van der Waals surface area contributed by atoms with Crippen molar-refractivity contribution in [2.45, 2.75) is 38.2 Å². The molecule has 1 aliphatic heterocycles. The molecule has 0 saturated carbocycles. The Balaban J connectivity index is 2.23. The number of carboxylic acid groups (broad SMARTS) is 1. The van der Waals surface area contributed by atoms with Crippen molar-refractivity contribution in [1.29, 1.82) is 0 Å². The Hall–Kier alpha value is -2.45. The van der Waals surface area contributed by atoms with Gasteiger partial charge in [-0.2, -0.15) is 8.78 Å². The maximum absolute atomic E-state index is 13.1. The predicted molar refractivity (Wildman–Crippen MR) is 79.6 cm³/mol. The molecule has 9 heteroatoms. The molecule has 24 heavy (non-hydrogen) atoms. The minimum atomic E-state index is -4.13. The fraction of sp³-hybridized carbons (Fsp3) is 0.533. The van der Waals surface area contributed by atoms with Crippen LogP contribution in [-0.2, 0) is 16.0 Å². The monoisotopic (exact) mass is 344 g/mol. The molecule has 0 bridgehead atoms. The molecule has 1 N–H and O–H groups in total. The van der Waals surface area contributed by atoms with Crippen molar-refractivity contribution in [1.82, 2.24) is 4.98 Å². The summed E-state index contributed by atoms with van der Waals surface area (Å²) in [4.78, 5) is 28.2. The molecule has 0 saturated heterocycles. The first-order valence-corrected chi connectivity index (χ1v) is 7.41. The van der Waals surface area contributed by atoms with Gasteiger partial charge in [0.25, 0.3) is 0 Å². The van der Waals surface area contributed by atoms with Crippen LogP contribution in [0.4, 0.5) is 19.3 Å². The van der Waals surface area contributed by atoms with E-state index in [-0.39, 0.29) is 6.04 Å². The van der Waals surface area contributed by atoms with Gasteiger partial charge >= 0.3 is 18.0 Å². The second-order valence-electron chi connectivity index (χ2n) is 5.35. The van der Waals surface area contributed by atoms with E-state index in [4.69, 9.17) is 9.84 Å². The van der Waals surface area contributed by atoms with Crippen LogP contribution in [0.2, 0.25) is 0 Å².